The van der Waals surface area contributed by atoms with Crippen molar-refractivity contribution in [2.24, 2.45) is 0 Å². The first-order valence-electron chi connectivity index (χ1n) is 6.73. The zero-order valence-corrected chi connectivity index (χ0v) is 12.6. The quantitative estimate of drug-likeness (QED) is 0.806. The van der Waals surface area contributed by atoms with Crippen molar-refractivity contribution in [2.75, 3.05) is 5.43 Å². The van der Waals surface area contributed by atoms with Gasteiger partial charge >= 0.3 is 0 Å². The number of hydrogen-bond donors (Lipinski definition) is 1. The maximum Gasteiger partial charge on any atom is 0.279 e. The van der Waals surface area contributed by atoms with Crippen LogP contribution < -0.4 is 11.0 Å². The van der Waals surface area contributed by atoms with Gasteiger partial charge in [-0.2, -0.15) is 0 Å². The van der Waals surface area contributed by atoms with E-state index in [1.807, 2.05) is 6.07 Å². The van der Waals surface area contributed by atoms with E-state index in [1.165, 1.54) is 16.8 Å². The van der Waals surface area contributed by atoms with E-state index in [-0.39, 0.29) is 12.1 Å². The number of fused-ring (bicyclic) bond motifs is 1. The van der Waals surface area contributed by atoms with Crippen molar-refractivity contribution >= 4 is 22.5 Å². The zero-order chi connectivity index (χ0) is 15.7. The maximum atomic E-state index is 13.8. The van der Waals surface area contributed by atoms with Crippen LogP contribution in [0.3, 0.4) is 0 Å². The summed E-state index contributed by atoms with van der Waals surface area (Å²) in [7, 11) is 0. The number of benzene rings is 2. The summed E-state index contributed by atoms with van der Waals surface area (Å²) in [5, 5.41) is 0.812. The molecule has 0 amide bonds. The summed E-state index contributed by atoms with van der Waals surface area (Å²) in [5.74, 6) is 0.0793. The first-order chi connectivity index (χ1) is 10.6. The van der Waals surface area contributed by atoms with E-state index in [9.17, 15) is 9.18 Å². The standard InChI is InChI=1S/C16H13ClFN3O/c1-10-20-15-8-3-2-5-11(15)16(22)21(10)19-9-12-13(17)6-4-7-14(12)18/h2-8,19H,9H2,1H3. The van der Waals surface area contributed by atoms with Crippen LogP contribution in [0.2, 0.25) is 5.02 Å². The van der Waals surface area contributed by atoms with Crippen molar-refractivity contribution in [1.82, 2.24) is 9.66 Å². The molecule has 0 aliphatic carbocycles. The van der Waals surface area contributed by atoms with Gasteiger partial charge in [0.25, 0.3) is 5.56 Å². The normalized spacial score (nSPS) is 10.9. The molecule has 0 unspecified atom stereocenters. The summed E-state index contributed by atoms with van der Waals surface area (Å²) >= 11 is 5.99. The Labute approximate surface area is 131 Å². The van der Waals surface area contributed by atoms with Crippen LogP contribution in [-0.4, -0.2) is 9.66 Å². The van der Waals surface area contributed by atoms with E-state index in [0.717, 1.165) is 0 Å². The minimum Gasteiger partial charge on any atom is -0.317 e. The highest BCUT2D eigenvalue weighted by molar-refractivity contribution is 6.31. The highest BCUT2D eigenvalue weighted by Crippen LogP contribution is 2.18. The number of halogens is 2. The highest BCUT2D eigenvalue weighted by Gasteiger charge is 2.10. The van der Waals surface area contributed by atoms with E-state index in [2.05, 4.69) is 10.4 Å². The van der Waals surface area contributed by atoms with Gasteiger partial charge in [0, 0.05) is 10.6 Å². The number of nitrogens with zero attached hydrogens (tertiary/aromatic N) is 2. The Morgan fingerprint density at radius 2 is 2.00 bits per heavy atom. The molecule has 22 heavy (non-hydrogen) atoms. The van der Waals surface area contributed by atoms with Crippen LogP contribution in [0.4, 0.5) is 4.39 Å². The summed E-state index contributed by atoms with van der Waals surface area (Å²) in [6.07, 6.45) is 0. The third-order valence-corrected chi connectivity index (χ3v) is 3.77. The molecular weight excluding hydrogens is 305 g/mol. The summed E-state index contributed by atoms with van der Waals surface area (Å²) < 4.78 is 15.1. The lowest BCUT2D eigenvalue weighted by Crippen LogP contribution is -2.31. The van der Waals surface area contributed by atoms with Crippen molar-refractivity contribution in [3.8, 4) is 0 Å². The van der Waals surface area contributed by atoms with Gasteiger partial charge in [-0.25, -0.2) is 14.1 Å². The third-order valence-electron chi connectivity index (χ3n) is 3.42. The number of para-hydroxylation sites is 1. The highest BCUT2D eigenvalue weighted by atomic mass is 35.5. The van der Waals surface area contributed by atoms with Crippen LogP contribution in [-0.2, 0) is 6.54 Å². The fourth-order valence-corrected chi connectivity index (χ4v) is 2.52. The predicted octanol–water partition coefficient (Wildman–Crippen LogP) is 3.24. The molecule has 0 radical (unpaired) electrons. The van der Waals surface area contributed by atoms with Gasteiger partial charge in [-0.15, -0.1) is 0 Å². The van der Waals surface area contributed by atoms with Crippen LogP contribution >= 0.6 is 11.6 Å². The lowest BCUT2D eigenvalue weighted by molar-refractivity contribution is 0.606. The Morgan fingerprint density at radius 3 is 2.77 bits per heavy atom. The molecular formula is C16H13ClFN3O. The lowest BCUT2D eigenvalue weighted by atomic mass is 10.2. The second kappa shape index (κ2) is 5.77. The zero-order valence-electron chi connectivity index (χ0n) is 11.8. The van der Waals surface area contributed by atoms with Crippen molar-refractivity contribution in [2.45, 2.75) is 13.5 Å². The first kappa shape index (κ1) is 14.5. The van der Waals surface area contributed by atoms with Crippen LogP contribution in [0.15, 0.2) is 47.3 Å². The van der Waals surface area contributed by atoms with Crippen LogP contribution in [0.25, 0.3) is 10.9 Å². The van der Waals surface area contributed by atoms with E-state index < -0.39 is 5.82 Å². The monoisotopic (exact) mass is 317 g/mol. The Hall–Kier alpha value is -2.40. The lowest BCUT2D eigenvalue weighted by Gasteiger charge is -2.14. The summed E-state index contributed by atoms with van der Waals surface area (Å²) in [6, 6.07) is 11.6. The molecule has 1 heterocycles. The van der Waals surface area contributed by atoms with Gasteiger partial charge in [-0.3, -0.25) is 4.79 Å². The molecule has 1 aromatic heterocycles. The third kappa shape index (κ3) is 2.55. The number of hydrogen-bond acceptors (Lipinski definition) is 3. The van der Waals surface area contributed by atoms with Crippen molar-refractivity contribution in [1.29, 1.82) is 0 Å². The van der Waals surface area contributed by atoms with Crippen LogP contribution in [0.5, 0.6) is 0 Å². The number of aryl methyl sites for hydroxylation is 1. The van der Waals surface area contributed by atoms with Crippen molar-refractivity contribution in [3.63, 3.8) is 0 Å². The van der Waals surface area contributed by atoms with E-state index in [4.69, 9.17) is 11.6 Å². The van der Waals surface area contributed by atoms with Crippen molar-refractivity contribution < 1.29 is 4.39 Å². The average Bonchev–Trinajstić information content (AvgIpc) is 2.49. The smallest absolute Gasteiger partial charge is 0.279 e. The van der Waals surface area contributed by atoms with Crippen molar-refractivity contribution in [3.05, 3.63) is 75.0 Å². The fourth-order valence-electron chi connectivity index (χ4n) is 2.29. The van der Waals surface area contributed by atoms with Gasteiger partial charge in [0.15, 0.2) is 0 Å². The summed E-state index contributed by atoms with van der Waals surface area (Å²) in [4.78, 5) is 16.8. The van der Waals surface area contributed by atoms with E-state index >= 15 is 0 Å². The Morgan fingerprint density at radius 1 is 1.23 bits per heavy atom. The van der Waals surface area contributed by atoms with Gasteiger partial charge < -0.3 is 5.43 Å². The topological polar surface area (TPSA) is 46.9 Å². The molecule has 0 aliphatic heterocycles. The Kier molecular flexibility index (Phi) is 3.81. The van der Waals surface area contributed by atoms with Gasteiger partial charge in [0.2, 0.25) is 0 Å². The number of aromatic nitrogens is 2. The minimum absolute atomic E-state index is 0.0896. The van der Waals surface area contributed by atoms with Crippen LogP contribution in [0.1, 0.15) is 11.4 Å². The average molecular weight is 318 g/mol. The van der Waals surface area contributed by atoms with Gasteiger partial charge in [-0.05, 0) is 31.2 Å². The Balaban J connectivity index is 1.99. The molecule has 3 aromatic rings. The number of rotatable bonds is 3. The SMILES string of the molecule is Cc1nc2ccccc2c(=O)n1NCc1c(F)cccc1Cl. The van der Waals surface area contributed by atoms with Gasteiger partial charge in [0.05, 0.1) is 17.4 Å². The van der Waals surface area contributed by atoms with E-state index in [1.54, 1.807) is 31.2 Å². The van der Waals surface area contributed by atoms with Gasteiger partial charge in [-0.1, -0.05) is 29.8 Å². The van der Waals surface area contributed by atoms with Gasteiger partial charge in [0.1, 0.15) is 11.6 Å². The van der Waals surface area contributed by atoms with Crippen LogP contribution in [0, 0.1) is 12.7 Å². The van der Waals surface area contributed by atoms with E-state index in [0.29, 0.717) is 27.3 Å². The molecule has 0 spiro atoms. The second-order valence-corrected chi connectivity index (χ2v) is 5.26. The summed E-state index contributed by atoms with van der Waals surface area (Å²) in [5.41, 5.74) is 3.60. The molecule has 3 rings (SSSR count). The molecule has 112 valence electrons. The molecule has 6 heteroatoms. The minimum atomic E-state index is -0.417. The largest absolute Gasteiger partial charge is 0.317 e. The Bertz CT molecular complexity index is 887. The summed E-state index contributed by atoms with van der Waals surface area (Å²) in [6.45, 7) is 1.80. The number of nitrogens with one attached hydrogen (secondary N) is 1. The molecule has 0 saturated carbocycles. The molecule has 2 aromatic carbocycles. The molecule has 0 atom stereocenters. The predicted molar refractivity (Wildman–Crippen MR) is 85.2 cm³/mol. The molecule has 0 aliphatic rings. The fraction of sp³-hybridized carbons (Fsp3) is 0.125. The molecule has 4 nitrogen and oxygen atoms in total. The maximum absolute atomic E-state index is 13.8. The molecule has 0 bridgehead atoms. The molecule has 0 fully saturated rings. The first-order valence-corrected chi connectivity index (χ1v) is 7.11. The molecule has 0 saturated heterocycles. The molecule has 1 N–H and O–H groups in total. The second-order valence-electron chi connectivity index (χ2n) is 4.85.